The Labute approximate surface area is 139 Å². The number of benzene rings is 2. The Kier molecular flexibility index (Phi) is 3.94. The summed E-state index contributed by atoms with van der Waals surface area (Å²) in [4.78, 5) is 15.3. The van der Waals surface area contributed by atoms with Crippen molar-refractivity contribution in [1.82, 2.24) is 9.55 Å². The fourth-order valence-corrected chi connectivity index (χ4v) is 2.99. The van der Waals surface area contributed by atoms with Crippen LogP contribution in [0.3, 0.4) is 0 Å². The van der Waals surface area contributed by atoms with E-state index in [-0.39, 0.29) is 10.6 Å². The highest BCUT2D eigenvalue weighted by Gasteiger charge is 2.09. The predicted octanol–water partition coefficient (Wildman–Crippen LogP) is 2.04. The predicted molar refractivity (Wildman–Crippen MR) is 90.6 cm³/mol. The van der Waals surface area contributed by atoms with Gasteiger partial charge in [0.1, 0.15) is 12.0 Å². The minimum absolute atomic E-state index is 0.194. The van der Waals surface area contributed by atoms with Crippen LogP contribution < -0.4 is 5.73 Å². The number of carbonyl (C=O) groups is 1. The molecule has 6 nitrogen and oxygen atoms in total. The van der Waals surface area contributed by atoms with Gasteiger partial charge in [-0.2, -0.15) is 0 Å². The molecule has 0 spiro atoms. The molecule has 3 rings (SSSR count). The minimum Gasteiger partial charge on any atom is -0.364 e. The first kappa shape index (κ1) is 15.9. The second kappa shape index (κ2) is 5.93. The van der Waals surface area contributed by atoms with Crippen molar-refractivity contribution in [2.75, 3.05) is 6.26 Å². The number of sulfone groups is 1. The number of nitrogens with zero attached hydrogens (tertiary/aromatic N) is 2. The van der Waals surface area contributed by atoms with E-state index in [0.717, 1.165) is 16.8 Å². The van der Waals surface area contributed by atoms with Crippen molar-refractivity contribution in [1.29, 1.82) is 0 Å². The lowest BCUT2D eigenvalue weighted by atomic mass is 10.1. The van der Waals surface area contributed by atoms with E-state index in [9.17, 15) is 13.2 Å². The molecule has 0 aliphatic heterocycles. The van der Waals surface area contributed by atoms with Crippen molar-refractivity contribution in [2.24, 2.45) is 5.73 Å². The van der Waals surface area contributed by atoms with Crippen molar-refractivity contribution in [2.45, 2.75) is 4.90 Å². The monoisotopic (exact) mass is 341 g/mol. The lowest BCUT2D eigenvalue weighted by Crippen LogP contribution is -2.10. The quantitative estimate of drug-likeness (QED) is 0.785. The Morgan fingerprint density at radius 3 is 2.38 bits per heavy atom. The minimum atomic E-state index is -3.25. The van der Waals surface area contributed by atoms with Crippen molar-refractivity contribution < 1.29 is 13.2 Å². The first-order valence-electron chi connectivity index (χ1n) is 7.09. The molecule has 0 radical (unpaired) electrons. The topological polar surface area (TPSA) is 95.1 Å². The molecule has 0 saturated carbocycles. The number of amides is 1. The van der Waals surface area contributed by atoms with Crippen molar-refractivity contribution in [3.63, 3.8) is 0 Å². The maximum absolute atomic E-state index is 11.7. The lowest BCUT2D eigenvalue weighted by Gasteiger charge is -2.06. The highest BCUT2D eigenvalue weighted by molar-refractivity contribution is 7.90. The second-order valence-electron chi connectivity index (χ2n) is 5.38. The molecular weight excluding hydrogens is 326 g/mol. The van der Waals surface area contributed by atoms with Gasteiger partial charge in [0.25, 0.3) is 5.91 Å². The maximum Gasteiger partial charge on any atom is 0.268 e. The molecule has 0 saturated heterocycles. The van der Waals surface area contributed by atoms with Crippen molar-refractivity contribution in [3.05, 3.63) is 66.7 Å². The average molecular weight is 341 g/mol. The molecule has 0 atom stereocenters. The molecule has 1 aromatic heterocycles. The third kappa shape index (κ3) is 3.21. The molecule has 2 aromatic carbocycles. The fraction of sp³-hybridized carbons (Fsp3) is 0.0588. The summed E-state index contributed by atoms with van der Waals surface area (Å²) >= 11 is 0. The molecule has 0 aliphatic carbocycles. The Morgan fingerprint density at radius 2 is 1.79 bits per heavy atom. The number of imidazole rings is 1. The standard InChI is InChI=1S/C17H15N3O3S/c1-24(22,23)15-4-2-3-13(9-15)12-5-7-14(8-6-12)20-10-16(17(18)21)19-11-20/h2-11H,1H3,(H2,18,21). The van der Waals surface area contributed by atoms with E-state index in [1.165, 1.54) is 12.6 Å². The average Bonchev–Trinajstić information content (AvgIpc) is 3.05. The van der Waals surface area contributed by atoms with Crippen LogP contribution in [0.2, 0.25) is 0 Å². The Hall–Kier alpha value is -2.93. The van der Waals surface area contributed by atoms with Gasteiger partial charge in [0.2, 0.25) is 0 Å². The zero-order valence-corrected chi connectivity index (χ0v) is 13.7. The summed E-state index contributed by atoms with van der Waals surface area (Å²) in [6, 6.07) is 14.3. The van der Waals surface area contributed by atoms with E-state index in [0.29, 0.717) is 0 Å². The van der Waals surface area contributed by atoms with Crippen LogP contribution in [-0.2, 0) is 9.84 Å². The number of nitrogens with two attached hydrogens (primary N) is 1. The van der Waals surface area contributed by atoms with Crippen molar-refractivity contribution >= 4 is 15.7 Å². The summed E-state index contributed by atoms with van der Waals surface area (Å²) in [5, 5.41) is 0. The number of hydrogen-bond acceptors (Lipinski definition) is 4. The van der Waals surface area contributed by atoms with Crippen LogP contribution in [0.25, 0.3) is 16.8 Å². The first-order chi connectivity index (χ1) is 11.3. The van der Waals surface area contributed by atoms with Crippen LogP contribution >= 0.6 is 0 Å². The van der Waals surface area contributed by atoms with Crippen LogP contribution in [0.1, 0.15) is 10.5 Å². The first-order valence-corrected chi connectivity index (χ1v) is 8.98. The molecule has 1 heterocycles. The summed E-state index contributed by atoms with van der Waals surface area (Å²) in [5.74, 6) is -0.581. The van der Waals surface area contributed by atoms with Crippen LogP contribution in [0.4, 0.5) is 0 Å². The van der Waals surface area contributed by atoms with E-state index in [1.54, 1.807) is 29.0 Å². The molecule has 0 unspecified atom stereocenters. The van der Waals surface area contributed by atoms with Gasteiger partial charge in [-0.25, -0.2) is 13.4 Å². The van der Waals surface area contributed by atoms with Gasteiger partial charge in [0, 0.05) is 18.1 Å². The summed E-state index contributed by atoms with van der Waals surface area (Å²) < 4.78 is 25.0. The summed E-state index contributed by atoms with van der Waals surface area (Å²) in [7, 11) is -3.25. The van der Waals surface area contributed by atoms with E-state index < -0.39 is 15.7 Å². The van der Waals surface area contributed by atoms with Crippen LogP contribution in [0.5, 0.6) is 0 Å². The van der Waals surface area contributed by atoms with Crippen LogP contribution in [0, 0.1) is 0 Å². The van der Waals surface area contributed by atoms with Crippen molar-refractivity contribution in [3.8, 4) is 16.8 Å². The van der Waals surface area contributed by atoms with Gasteiger partial charge in [0.15, 0.2) is 9.84 Å². The molecule has 2 N–H and O–H groups in total. The molecule has 122 valence electrons. The highest BCUT2D eigenvalue weighted by atomic mass is 32.2. The second-order valence-corrected chi connectivity index (χ2v) is 7.39. The third-order valence-electron chi connectivity index (χ3n) is 3.60. The molecule has 0 bridgehead atoms. The van der Waals surface area contributed by atoms with Gasteiger partial charge in [0.05, 0.1) is 4.90 Å². The summed E-state index contributed by atoms with van der Waals surface area (Å²) in [6.45, 7) is 0. The third-order valence-corrected chi connectivity index (χ3v) is 4.71. The normalized spacial score (nSPS) is 11.4. The Balaban J connectivity index is 1.93. The van der Waals surface area contributed by atoms with Gasteiger partial charge in [-0.3, -0.25) is 4.79 Å². The molecular formula is C17H15N3O3S. The smallest absolute Gasteiger partial charge is 0.268 e. The van der Waals surface area contributed by atoms with E-state index in [2.05, 4.69) is 4.98 Å². The van der Waals surface area contributed by atoms with Gasteiger partial charge >= 0.3 is 0 Å². The number of hydrogen-bond donors (Lipinski definition) is 1. The number of aromatic nitrogens is 2. The van der Waals surface area contributed by atoms with Crippen LogP contribution in [-0.4, -0.2) is 30.1 Å². The Bertz CT molecular complexity index is 1010. The van der Waals surface area contributed by atoms with E-state index in [4.69, 9.17) is 5.73 Å². The molecule has 3 aromatic rings. The molecule has 0 fully saturated rings. The van der Waals surface area contributed by atoms with Crippen LogP contribution in [0.15, 0.2) is 66.0 Å². The van der Waals surface area contributed by atoms with E-state index in [1.807, 2.05) is 30.3 Å². The molecule has 24 heavy (non-hydrogen) atoms. The maximum atomic E-state index is 11.7. The number of carbonyl (C=O) groups excluding carboxylic acids is 1. The number of rotatable bonds is 4. The lowest BCUT2D eigenvalue weighted by molar-refractivity contribution is 0.0996. The highest BCUT2D eigenvalue weighted by Crippen LogP contribution is 2.24. The largest absolute Gasteiger partial charge is 0.364 e. The van der Waals surface area contributed by atoms with E-state index >= 15 is 0 Å². The SMILES string of the molecule is CS(=O)(=O)c1cccc(-c2ccc(-n3cnc(C(N)=O)c3)cc2)c1. The van der Waals surface area contributed by atoms with Gasteiger partial charge in [-0.15, -0.1) is 0 Å². The molecule has 7 heteroatoms. The van der Waals surface area contributed by atoms with Gasteiger partial charge in [-0.05, 0) is 35.4 Å². The summed E-state index contributed by atoms with van der Waals surface area (Å²) in [5.41, 5.74) is 7.90. The molecule has 1 amide bonds. The molecule has 0 aliphatic rings. The van der Waals surface area contributed by atoms with Gasteiger partial charge in [-0.1, -0.05) is 24.3 Å². The zero-order valence-electron chi connectivity index (χ0n) is 12.9. The van der Waals surface area contributed by atoms with Gasteiger partial charge < -0.3 is 10.3 Å². The zero-order chi connectivity index (χ0) is 17.3. The summed E-state index contributed by atoms with van der Waals surface area (Å²) in [6.07, 6.45) is 4.26. The number of primary amides is 1. The Morgan fingerprint density at radius 1 is 1.08 bits per heavy atom. The fourth-order valence-electron chi connectivity index (χ4n) is 2.32.